The Labute approximate surface area is 224 Å². The molecule has 4 heterocycles. The monoisotopic (exact) mass is 550 g/mol. The van der Waals surface area contributed by atoms with Crippen LogP contribution < -0.4 is 9.57 Å². The number of nitrogens with zero attached hydrogens (tertiary/aromatic N) is 6. The topological polar surface area (TPSA) is 143 Å². The summed E-state index contributed by atoms with van der Waals surface area (Å²) in [5.41, 5.74) is 4.34. The molecule has 6 rings (SSSR count). The molecule has 0 amide bonds. The molecule has 192 valence electrons. The molecule has 0 radical (unpaired) electrons. The van der Waals surface area contributed by atoms with Crippen LogP contribution in [0.3, 0.4) is 0 Å². The van der Waals surface area contributed by atoms with E-state index in [1.165, 1.54) is 13.4 Å². The molecule has 0 saturated heterocycles. The Bertz CT molecular complexity index is 1700. The minimum Gasteiger partial charge on any atom is -0.477 e. The van der Waals surface area contributed by atoms with Crippen LogP contribution in [-0.4, -0.2) is 53.5 Å². The van der Waals surface area contributed by atoms with Crippen molar-refractivity contribution >= 4 is 28.9 Å². The molecule has 0 spiro atoms. The van der Waals surface area contributed by atoms with E-state index in [9.17, 15) is 15.0 Å². The van der Waals surface area contributed by atoms with Crippen molar-refractivity contribution in [3.63, 3.8) is 0 Å². The van der Waals surface area contributed by atoms with Gasteiger partial charge < -0.3 is 15.2 Å². The highest BCUT2D eigenvalue weighted by atomic mass is 35.5. The second kappa shape index (κ2) is 9.01. The maximum absolute atomic E-state index is 12.0. The number of carbonyl (C=O) groups is 1. The molecule has 1 aliphatic rings. The molecule has 3 N–H and O–H groups in total. The summed E-state index contributed by atoms with van der Waals surface area (Å²) in [6, 6.07) is 9.02. The van der Waals surface area contributed by atoms with Crippen LogP contribution in [0.25, 0.3) is 28.1 Å². The van der Waals surface area contributed by atoms with Crippen molar-refractivity contribution in [2.45, 2.75) is 25.4 Å². The first-order valence-corrected chi connectivity index (χ1v) is 12.8. The summed E-state index contributed by atoms with van der Waals surface area (Å²) < 4.78 is 3.10. The SMILES string of the molecule is CO[n+]1cc(-c2cc(Cl)ccc2-n2cnnn2)cc2c1C(O)(c1nc(C)c(-c3csc(C(=O)O)c3)[nH]1)CC2. The Hall–Kier alpha value is -4.13. The van der Waals surface area contributed by atoms with Gasteiger partial charge in [-0.15, -0.1) is 16.4 Å². The van der Waals surface area contributed by atoms with Gasteiger partial charge in [0.05, 0.1) is 22.6 Å². The van der Waals surface area contributed by atoms with E-state index in [2.05, 4.69) is 25.5 Å². The molecule has 1 aromatic carbocycles. The molecule has 13 heteroatoms. The molecular formula is C25H21ClN7O4S+. The van der Waals surface area contributed by atoms with Crippen molar-refractivity contribution in [1.82, 2.24) is 30.2 Å². The molecule has 0 bridgehead atoms. The largest absolute Gasteiger partial charge is 0.477 e. The lowest BCUT2D eigenvalue weighted by atomic mass is 9.98. The first kappa shape index (κ1) is 24.2. The number of halogens is 1. The predicted octanol–water partition coefficient (Wildman–Crippen LogP) is 2.97. The molecule has 4 aromatic heterocycles. The summed E-state index contributed by atoms with van der Waals surface area (Å²) in [5, 5.41) is 35.1. The maximum atomic E-state index is 12.0. The average molecular weight is 551 g/mol. The highest BCUT2D eigenvalue weighted by Gasteiger charge is 2.51. The standard InChI is InChI=1S/C25H20ClN7O4S/c1-13-21(16-8-20(23(34)35)38-11-16)29-24(28-13)25(36)6-5-14-7-15(10-33(37-2)22(14)25)18-9-17(26)3-4-19(18)32-12-27-30-31-32/h3-4,7-12,36H,5-6H2,1-2H3,(H-,28,29,34,35)/p+1. The molecule has 1 aliphatic carbocycles. The first-order valence-electron chi connectivity index (χ1n) is 11.6. The summed E-state index contributed by atoms with van der Waals surface area (Å²) in [6.45, 7) is 1.82. The minimum absolute atomic E-state index is 0.229. The molecule has 0 fully saturated rings. The average Bonchev–Trinajstić information content (AvgIpc) is 3.70. The molecule has 38 heavy (non-hydrogen) atoms. The van der Waals surface area contributed by atoms with E-state index >= 15 is 0 Å². The zero-order valence-electron chi connectivity index (χ0n) is 20.2. The second-order valence-corrected chi connectivity index (χ2v) is 10.3. The van der Waals surface area contributed by atoms with Gasteiger partial charge in [0.15, 0.2) is 0 Å². The number of aromatic nitrogens is 7. The van der Waals surface area contributed by atoms with Crippen LogP contribution >= 0.6 is 22.9 Å². The molecule has 1 atom stereocenters. The fourth-order valence-electron chi connectivity index (χ4n) is 4.95. The van der Waals surface area contributed by atoms with Gasteiger partial charge >= 0.3 is 5.97 Å². The lowest BCUT2D eigenvalue weighted by Gasteiger charge is -2.18. The predicted molar refractivity (Wildman–Crippen MR) is 137 cm³/mol. The number of benzene rings is 1. The van der Waals surface area contributed by atoms with Crippen LogP contribution in [0, 0.1) is 6.92 Å². The van der Waals surface area contributed by atoms with Crippen molar-refractivity contribution in [1.29, 1.82) is 0 Å². The second-order valence-electron chi connectivity index (χ2n) is 8.94. The molecule has 5 aromatic rings. The summed E-state index contributed by atoms with van der Waals surface area (Å²) in [6.07, 6.45) is 4.23. The Morgan fingerprint density at radius 3 is 2.84 bits per heavy atom. The van der Waals surface area contributed by atoms with Crippen LogP contribution in [0.2, 0.25) is 5.02 Å². The molecule has 0 saturated carbocycles. The fraction of sp³-hybridized carbons (Fsp3) is 0.200. The van der Waals surface area contributed by atoms with Crippen molar-refractivity contribution < 1.29 is 24.6 Å². The van der Waals surface area contributed by atoms with Crippen LogP contribution in [0.4, 0.5) is 0 Å². The quantitative estimate of drug-likeness (QED) is 0.274. The van der Waals surface area contributed by atoms with Gasteiger partial charge in [-0.3, -0.25) is 4.84 Å². The van der Waals surface area contributed by atoms with Gasteiger partial charge in [0.1, 0.15) is 24.1 Å². The lowest BCUT2D eigenvalue weighted by molar-refractivity contribution is -0.893. The van der Waals surface area contributed by atoms with Gasteiger partial charge in [-0.25, -0.2) is 9.78 Å². The molecular weight excluding hydrogens is 530 g/mol. The number of aromatic amines is 1. The molecule has 11 nitrogen and oxygen atoms in total. The Morgan fingerprint density at radius 2 is 2.13 bits per heavy atom. The number of aryl methyl sites for hydroxylation is 2. The number of hydrogen-bond acceptors (Lipinski definition) is 8. The van der Waals surface area contributed by atoms with E-state index in [4.69, 9.17) is 16.4 Å². The maximum Gasteiger partial charge on any atom is 0.345 e. The number of aliphatic hydroxyl groups is 1. The number of hydrogen-bond donors (Lipinski definition) is 3. The third kappa shape index (κ3) is 3.85. The minimum atomic E-state index is -1.45. The number of thiophene rings is 1. The Balaban J connectivity index is 1.45. The highest BCUT2D eigenvalue weighted by Crippen LogP contribution is 2.42. The fourth-order valence-corrected chi connectivity index (χ4v) is 5.86. The van der Waals surface area contributed by atoms with E-state index in [1.807, 2.05) is 25.1 Å². The van der Waals surface area contributed by atoms with E-state index < -0.39 is 11.6 Å². The Morgan fingerprint density at radius 1 is 1.29 bits per heavy atom. The number of pyridine rings is 1. The van der Waals surface area contributed by atoms with Crippen molar-refractivity contribution in [3.8, 4) is 28.1 Å². The van der Waals surface area contributed by atoms with Crippen LogP contribution in [-0.2, 0) is 12.0 Å². The van der Waals surface area contributed by atoms with E-state index in [0.717, 1.165) is 33.7 Å². The third-order valence-corrected chi connectivity index (χ3v) is 7.85. The molecule has 0 aliphatic heterocycles. The number of carboxylic acids is 1. The number of imidazole rings is 1. The number of carboxylic acid groups (broad SMARTS) is 1. The van der Waals surface area contributed by atoms with Crippen molar-refractivity contribution in [2.24, 2.45) is 0 Å². The van der Waals surface area contributed by atoms with Gasteiger partial charge in [-0.2, -0.15) is 4.68 Å². The van der Waals surface area contributed by atoms with Crippen molar-refractivity contribution in [3.05, 3.63) is 80.9 Å². The van der Waals surface area contributed by atoms with Gasteiger partial charge in [0.2, 0.25) is 11.8 Å². The normalized spacial score (nSPS) is 16.5. The van der Waals surface area contributed by atoms with Gasteiger partial charge in [0.25, 0.3) is 5.69 Å². The smallest absolute Gasteiger partial charge is 0.345 e. The van der Waals surface area contributed by atoms with Gasteiger partial charge in [-0.05, 0) is 60.5 Å². The van der Waals surface area contributed by atoms with E-state index in [0.29, 0.717) is 46.3 Å². The number of fused-ring (bicyclic) bond motifs is 1. The number of H-pyrrole nitrogens is 1. The van der Waals surface area contributed by atoms with Crippen LogP contribution in [0.1, 0.15) is 38.9 Å². The number of tetrazole rings is 1. The van der Waals surface area contributed by atoms with Crippen LogP contribution in [0.15, 0.2) is 48.2 Å². The number of rotatable bonds is 6. The van der Waals surface area contributed by atoms with Gasteiger partial charge in [-0.1, -0.05) is 11.6 Å². The Kier molecular flexibility index (Phi) is 5.74. The highest BCUT2D eigenvalue weighted by molar-refractivity contribution is 7.12. The van der Waals surface area contributed by atoms with Crippen molar-refractivity contribution in [2.75, 3.05) is 7.11 Å². The van der Waals surface area contributed by atoms with E-state index in [-0.39, 0.29) is 4.88 Å². The zero-order chi connectivity index (χ0) is 26.6. The zero-order valence-corrected chi connectivity index (χ0v) is 21.8. The summed E-state index contributed by atoms with van der Waals surface area (Å²) in [5.74, 6) is -0.621. The number of aromatic carboxylic acids is 1. The third-order valence-electron chi connectivity index (χ3n) is 6.70. The summed E-state index contributed by atoms with van der Waals surface area (Å²) >= 11 is 7.49. The van der Waals surface area contributed by atoms with Gasteiger partial charge in [0, 0.05) is 31.8 Å². The molecule has 1 unspecified atom stereocenters. The van der Waals surface area contributed by atoms with E-state index in [1.54, 1.807) is 33.1 Å². The first-order chi connectivity index (χ1) is 18.3. The van der Waals surface area contributed by atoms with Crippen LogP contribution in [0.5, 0.6) is 0 Å². The lowest BCUT2D eigenvalue weighted by Crippen LogP contribution is -2.50. The summed E-state index contributed by atoms with van der Waals surface area (Å²) in [4.78, 5) is 25.2. The summed E-state index contributed by atoms with van der Waals surface area (Å²) in [7, 11) is 1.53. The number of nitrogens with one attached hydrogen (secondary N) is 1.